The lowest BCUT2D eigenvalue weighted by Crippen LogP contribution is -2.25. The smallest absolute Gasteiger partial charge is 0.129 e. The molecule has 0 aliphatic carbocycles. The Balaban J connectivity index is 2.03. The van der Waals surface area contributed by atoms with Gasteiger partial charge in [-0.3, -0.25) is 4.90 Å². The molecule has 2 rings (SSSR count). The summed E-state index contributed by atoms with van der Waals surface area (Å²) in [5.41, 5.74) is 0.870. The minimum Gasteiger partial charge on any atom is -0.387 e. The number of aliphatic hydroxyl groups excluding tert-OH is 1. The molecule has 112 valence electrons. The Kier molecular flexibility index (Phi) is 5.28. The van der Waals surface area contributed by atoms with Gasteiger partial charge in [-0.2, -0.15) is 0 Å². The van der Waals surface area contributed by atoms with Crippen LogP contribution in [0, 0.1) is 11.6 Å². The third-order valence-corrected chi connectivity index (χ3v) is 3.56. The van der Waals surface area contributed by atoms with E-state index >= 15 is 0 Å². The number of likely N-dealkylation sites (N-methyl/N-ethyl adjacent to an activating group) is 1. The first kappa shape index (κ1) is 15.9. The SMILES string of the molecule is CN(Cc1c(F)cccc1Cl)C[C@@H](O)c1cccc(F)c1. The quantitative estimate of drug-likeness (QED) is 0.908. The van der Waals surface area contributed by atoms with Crippen molar-refractivity contribution in [2.24, 2.45) is 0 Å². The van der Waals surface area contributed by atoms with Crippen molar-refractivity contribution in [2.45, 2.75) is 12.6 Å². The fraction of sp³-hybridized carbons (Fsp3) is 0.250. The highest BCUT2D eigenvalue weighted by Gasteiger charge is 2.14. The Morgan fingerprint density at radius 3 is 2.57 bits per heavy atom. The van der Waals surface area contributed by atoms with Crippen LogP contribution in [0.5, 0.6) is 0 Å². The van der Waals surface area contributed by atoms with E-state index in [1.54, 1.807) is 36.2 Å². The topological polar surface area (TPSA) is 23.5 Å². The van der Waals surface area contributed by atoms with Gasteiger partial charge in [-0.25, -0.2) is 8.78 Å². The number of hydrogen-bond donors (Lipinski definition) is 1. The summed E-state index contributed by atoms with van der Waals surface area (Å²) in [6, 6.07) is 10.3. The summed E-state index contributed by atoms with van der Waals surface area (Å²) >= 11 is 5.97. The predicted octanol–water partition coefficient (Wildman–Crippen LogP) is 3.78. The van der Waals surface area contributed by atoms with Crippen molar-refractivity contribution in [3.8, 4) is 0 Å². The molecule has 1 atom stereocenters. The number of aliphatic hydroxyl groups is 1. The molecule has 0 spiro atoms. The van der Waals surface area contributed by atoms with Crippen LogP contribution in [0.15, 0.2) is 42.5 Å². The largest absolute Gasteiger partial charge is 0.387 e. The summed E-state index contributed by atoms with van der Waals surface area (Å²) in [6.45, 7) is 0.506. The number of benzene rings is 2. The van der Waals surface area contributed by atoms with E-state index in [0.29, 0.717) is 16.1 Å². The second-order valence-corrected chi connectivity index (χ2v) is 5.37. The van der Waals surface area contributed by atoms with Crippen molar-refractivity contribution in [1.29, 1.82) is 0 Å². The lowest BCUT2D eigenvalue weighted by molar-refractivity contribution is 0.123. The molecule has 0 radical (unpaired) electrons. The number of nitrogens with zero attached hydrogens (tertiary/aromatic N) is 1. The highest BCUT2D eigenvalue weighted by molar-refractivity contribution is 6.31. The van der Waals surface area contributed by atoms with Crippen molar-refractivity contribution in [3.63, 3.8) is 0 Å². The summed E-state index contributed by atoms with van der Waals surface area (Å²) < 4.78 is 26.8. The van der Waals surface area contributed by atoms with Gasteiger partial charge < -0.3 is 5.11 Å². The molecule has 0 aliphatic heterocycles. The second-order valence-electron chi connectivity index (χ2n) is 4.97. The van der Waals surface area contributed by atoms with Crippen LogP contribution in [-0.2, 0) is 6.54 Å². The van der Waals surface area contributed by atoms with Crippen LogP contribution in [0.25, 0.3) is 0 Å². The Morgan fingerprint density at radius 2 is 1.90 bits per heavy atom. The third kappa shape index (κ3) is 4.24. The first-order chi connectivity index (χ1) is 9.97. The third-order valence-electron chi connectivity index (χ3n) is 3.21. The van der Waals surface area contributed by atoms with Gasteiger partial charge in [0.2, 0.25) is 0 Å². The van der Waals surface area contributed by atoms with Crippen molar-refractivity contribution >= 4 is 11.6 Å². The van der Waals surface area contributed by atoms with Crippen LogP contribution in [0.1, 0.15) is 17.2 Å². The predicted molar refractivity (Wildman–Crippen MR) is 79.1 cm³/mol. The van der Waals surface area contributed by atoms with Crippen molar-refractivity contribution in [2.75, 3.05) is 13.6 Å². The molecule has 5 heteroatoms. The first-order valence-corrected chi connectivity index (χ1v) is 6.90. The van der Waals surface area contributed by atoms with Crippen LogP contribution < -0.4 is 0 Å². The highest BCUT2D eigenvalue weighted by Crippen LogP contribution is 2.22. The van der Waals surface area contributed by atoms with Crippen molar-refractivity contribution in [3.05, 3.63) is 70.2 Å². The molecule has 0 saturated carbocycles. The zero-order valence-corrected chi connectivity index (χ0v) is 12.3. The number of hydrogen-bond acceptors (Lipinski definition) is 2. The maximum absolute atomic E-state index is 13.7. The van der Waals surface area contributed by atoms with Gasteiger partial charge in [0.15, 0.2) is 0 Å². The summed E-state index contributed by atoms with van der Waals surface area (Å²) in [5, 5.41) is 10.4. The average Bonchev–Trinajstić information content (AvgIpc) is 2.43. The van der Waals surface area contributed by atoms with E-state index in [4.69, 9.17) is 11.6 Å². The van der Waals surface area contributed by atoms with E-state index in [1.165, 1.54) is 18.2 Å². The van der Waals surface area contributed by atoms with Gasteiger partial charge in [0, 0.05) is 23.7 Å². The van der Waals surface area contributed by atoms with Crippen LogP contribution in [0.4, 0.5) is 8.78 Å². The lowest BCUT2D eigenvalue weighted by Gasteiger charge is -2.21. The zero-order valence-electron chi connectivity index (χ0n) is 11.6. The minimum absolute atomic E-state index is 0.244. The van der Waals surface area contributed by atoms with Gasteiger partial charge in [-0.15, -0.1) is 0 Å². The van der Waals surface area contributed by atoms with E-state index < -0.39 is 11.9 Å². The summed E-state index contributed by atoms with van der Waals surface area (Å²) in [4.78, 5) is 1.74. The molecule has 0 bridgehead atoms. The van der Waals surface area contributed by atoms with E-state index in [2.05, 4.69) is 0 Å². The summed E-state index contributed by atoms with van der Waals surface area (Å²) in [7, 11) is 1.74. The fourth-order valence-electron chi connectivity index (χ4n) is 2.13. The monoisotopic (exact) mass is 311 g/mol. The van der Waals surface area contributed by atoms with Gasteiger partial charge in [-0.1, -0.05) is 29.8 Å². The normalized spacial score (nSPS) is 12.7. The molecule has 0 heterocycles. The number of rotatable bonds is 5. The van der Waals surface area contributed by atoms with Crippen LogP contribution in [-0.4, -0.2) is 23.6 Å². The van der Waals surface area contributed by atoms with E-state index in [0.717, 1.165) is 0 Å². The van der Waals surface area contributed by atoms with E-state index in [9.17, 15) is 13.9 Å². The first-order valence-electron chi connectivity index (χ1n) is 6.52. The standard InChI is InChI=1S/C16H16ClF2NO/c1-20(9-13-14(17)6-3-7-15(13)19)10-16(21)11-4-2-5-12(18)8-11/h2-8,16,21H,9-10H2,1H3/t16-/m1/s1. The zero-order chi connectivity index (χ0) is 15.4. The molecular weight excluding hydrogens is 296 g/mol. The van der Waals surface area contributed by atoms with Crippen LogP contribution in [0.2, 0.25) is 5.02 Å². The van der Waals surface area contributed by atoms with Gasteiger partial charge in [0.1, 0.15) is 11.6 Å². The molecule has 1 N–H and O–H groups in total. The van der Waals surface area contributed by atoms with Gasteiger partial charge in [0.05, 0.1) is 6.10 Å². The molecule has 0 amide bonds. The van der Waals surface area contributed by atoms with E-state index in [-0.39, 0.29) is 18.9 Å². The summed E-state index contributed by atoms with van der Waals surface area (Å²) in [5.74, 6) is -0.777. The molecule has 2 nitrogen and oxygen atoms in total. The number of halogens is 3. The fourth-order valence-corrected chi connectivity index (χ4v) is 2.36. The molecule has 2 aromatic rings. The average molecular weight is 312 g/mol. The lowest BCUT2D eigenvalue weighted by atomic mass is 10.1. The van der Waals surface area contributed by atoms with E-state index in [1.807, 2.05) is 0 Å². The van der Waals surface area contributed by atoms with Crippen LogP contribution in [0.3, 0.4) is 0 Å². The van der Waals surface area contributed by atoms with Crippen LogP contribution >= 0.6 is 11.6 Å². The maximum Gasteiger partial charge on any atom is 0.129 e. The molecular formula is C16H16ClF2NO. The molecule has 2 aromatic carbocycles. The van der Waals surface area contributed by atoms with Gasteiger partial charge in [-0.05, 0) is 36.9 Å². The Bertz CT molecular complexity index is 601. The molecule has 0 fully saturated rings. The second kappa shape index (κ2) is 6.98. The summed E-state index contributed by atoms with van der Waals surface area (Å²) in [6.07, 6.45) is -0.851. The molecule has 0 aromatic heterocycles. The van der Waals surface area contributed by atoms with Crippen molar-refractivity contribution < 1.29 is 13.9 Å². The molecule has 0 aliphatic rings. The Morgan fingerprint density at radius 1 is 1.19 bits per heavy atom. The molecule has 0 saturated heterocycles. The van der Waals surface area contributed by atoms with Gasteiger partial charge in [0.25, 0.3) is 0 Å². The molecule has 0 unspecified atom stereocenters. The minimum atomic E-state index is -0.851. The Hall–Kier alpha value is -1.49. The maximum atomic E-state index is 13.7. The Labute approximate surface area is 127 Å². The van der Waals surface area contributed by atoms with Crippen molar-refractivity contribution in [1.82, 2.24) is 4.90 Å². The molecule has 21 heavy (non-hydrogen) atoms. The van der Waals surface area contributed by atoms with Gasteiger partial charge >= 0.3 is 0 Å². The highest BCUT2D eigenvalue weighted by atomic mass is 35.5.